The summed E-state index contributed by atoms with van der Waals surface area (Å²) in [7, 11) is 1.62. The number of thioether (sulfide) groups is 1. The molecule has 2 N–H and O–H groups in total. The van der Waals surface area contributed by atoms with Crippen LogP contribution in [0.1, 0.15) is 11.3 Å². The van der Waals surface area contributed by atoms with E-state index in [1.807, 2.05) is 48.5 Å². The second-order valence-corrected chi connectivity index (χ2v) is 8.56. The lowest BCUT2D eigenvalue weighted by Crippen LogP contribution is -2.25. The van der Waals surface area contributed by atoms with Gasteiger partial charge < -0.3 is 19.5 Å². The SMILES string of the molecule is COc1ccc(Oc2cc(CNCCOc3ccc(CC4SC(=O)NC4=O)cc3)ncn2)cc1. The molecule has 0 saturated carbocycles. The Balaban J connectivity index is 1.17. The fraction of sp³-hybridized carbons (Fsp3) is 0.250. The Morgan fingerprint density at radius 3 is 2.44 bits per heavy atom. The molecule has 34 heavy (non-hydrogen) atoms. The highest BCUT2D eigenvalue weighted by Gasteiger charge is 2.31. The van der Waals surface area contributed by atoms with E-state index in [1.54, 1.807) is 13.2 Å². The summed E-state index contributed by atoms with van der Waals surface area (Å²) in [6, 6.07) is 16.6. The molecule has 1 fully saturated rings. The van der Waals surface area contributed by atoms with Crippen LogP contribution in [-0.2, 0) is 17.8 Å². The molecule has 1 aliphatic heterocycles. The van der Waals surface area contributed by atoms with Crippen LogP contribution in [0.4, 0.5) is 4.79 Å². The van der Waals surface area contributed by atoms with Gasteiger partial charge in [-0.2, -0.15) is 0 Å². The molecule has 0 aliphatic carbocycles. The number of rotatable bonds is 11. The van der Waals surface area contributed by atoms with Gasteiger partial charge in [0.05, 0.1) is 18.1 Å². The number of carbonyl (C=O) groups is 2. The summed E-state index contributed by atoms with van der Waals surface area (Å²) in [5, 5.41) is 4.93. The van der Waals surface area contributed by atoms with Gasteiger partial charge in [0, 0.05) is 19.2 Å². The molecule has 1 saturated heterocycles. The van der Waals surface area contributed by atoms with Crippen LogP contribution in [0.5, 0.6) is 23.1 Å². The number of ether oxygens (including phenoxy) is 3. The first-order valence-electron chi connectivity index (χ1n) is 10.7. The largest absolute Gasteiger partial charge is 0.497 e. The van der Waals surface area contributed by atoms with E-state index in [0.29, 0.717) is 37.7 Å². The number of amides is 2. The second-order valence-electron chi connectivity index (χ2n) is 7.38. The first kappa shape index (κ1) is 23.5. The van der Waals surface area contributed by atoms with E-state index in [0.717, 1.165) is 34.5 Å². The Kier molecular flexibility index (Phi) is 7.95. The van der Waals surface area contributed by atoms with Crippen molar-refractivity contribution in [2.45, 2.75) is 18.2 Å². The van der Waals surface area contributed by atoms with Gasteiger partial charge in [-0.25, -0.2) is 9.97 Å². The van der Waals surface area contributed by atoms with Crippen LogP contribution >= 0.6 is 11.8 Å². The Morgan fingerprint density at radius 2 is 1.74 bits per heavy atom. The van der Waals surface area contributed by atoms with Gasteiger partial charge >= 0.3 is 0 Å². The van der Waals surface area contributed by atoms with Crippen molar-refractivity contribution in [2.75, 3.05) is 20.3 Å². The lowest BCUT2D eigenvalue weighted by Gasteiger charge is -2.10. The average Bonchev–Trinajstić information content (AvgIpc) is 3.17. The van der Waals surface area contributed by atoms with E-state index >= 15 is 0 Å². The molecule has 176 valence electrons. The van der Waals surface area contributed by atoms with Crippen LogP contribution in [0, 0.1) is 0 Å². The van der Waals surface area contributed by atoms with Crippen molar-refractivity contribution in [2.24, 2.45) is 0 Å². The molecule has 0 spiro atoms. The van der Waals surface area contributed by atoms with Crippen molar-refractivity contribution < 1.29 is 23.8 Å². The van der Waals surface area contributed by atoms with Crippen molar-refractivity contribution >= 4 is 22.9 Å². The van der Waals surface area contributed by atoms with Crippen molar-refractivity contribution in [3.05, 3.63) is 72.2 Å². The third-order valence-corrected chi connectivity index (χ3v) is 5.93. The van der Waals surface area contributed by atoms with Gasteiger partial charge in [0.25, 0.3) is 5.24 Å². The van der Waals surface area contributed by atoms with Crippen molar-refractivity contribution in [1.82, 2.24) is 20.6 Å². The number of imide groups is 1. The summed E-state index contributed by atoms with van der Waals surface area (Å²) < 4.78 is 16.7. The van der Waals surface area contributed by atoms with E-state index in [-0.39, 0.29) is 16.4 Å². The number of nitrogens with zero attached hydrogens (tertiary/aromatic N) is 2. The smallest absolute Gasteiger partial charge is 0.286 e. The standard InChI is InChI=1S/C24H24N4O5S/c1-31-18-6-8-20(9-7-18)33-22-13-17(26-15-27-22)14-25-10-11-32-19-4-2-16(3-5-19)12-21-23(29)28-24(30)34-21/h2-9,13,15,21,25H,10-12,14H2,1H3,(H,28,29,30). The molecule has 4 rings (SSSR count). The van der Waals surface area contributed by atoms with Gasteiger partial charge in [0.1, 0.15) is 30.2 Å². The minimum atomic E-state index is -0.368. The molecule has 10 heteroatoms. The van der Waals surface area contributed by atoms with E-state index in [4.69, 9.17) is 14.2 Å². The quantitative estimate of drug-likeness (QED) is 0.399. The Morgan fingerprint density at radius 1 is 1.00 bits per heavy atom. The highest BCUT2D eigenvalue weighted by Crippen LogP contribution is 2.24. The predicted molar refractivity (Wildman–Crippen MR) is 127 cm³/mol. The van der Waals surface area contributed by atoms with Crippen LogP contribution in [0.3, 0.4) is 0 Å². The molecule has 3 aromatic rings. The molecule has 0 radical (unpaired) electrons. The first-order valence-corrected chi connectivity index (χ1v) is 11.5. The van der Waals surface area contributed by atoms with Crippen molar-refractivity contribution in [1.29, 1.82) is 0 Å². The molecule has 1 aromatic heterocycles. The minimum Gasteiger partial charge on any atom is -0.497 e. The van der Waals surface area contributed by atoms with Crippen molar-refractivity contribution in [3.63, 3.8) is 0 Å². The molecular weight excluding hydrogens is 456 g/mol. The highest BCUT2D eigenvalue weighted by molar-refractivity contribution is 8.15. The molecule has 2 amide bonds. The van der Waals surface area contributed by atoms with Crippen molar-refractivity contribution in [3.8, 4) is 23.1 Å². The summed E-state index contributed by atoms with van der Waals surface area (Å²) in [4.78, 5) is 31.4. The molecule has 2 heterocycles. The third-order valence-electron chi connectivity index (χ3n) is 4.95. The molecule has 2 aromatic carbocycles. The maximum atomic E-state index is 11.7. The summed E-state index contributed by atoms with van der Waals surface area (Å²) >= 11 is 1.03. The monoisotopic (exact) mass is 480 g/mol. The topological polar surface area (TPSA) is 112 Å². The van der Waals surface area contributed by atoms with Gasteiger partial charge in [-0.15, -0.1) is 0 Å². The second kappa shape index (κ2) is 11.5. The van der Waals surface area contributed by atoms with Crippen LogP contribution in [-0.4, -0.2) is 46.6 Å². The van der Waals surface area contributed by atoms with Gasteiger partial charge in [-0.3, -0.25) is 14.9 Å². The number of aromatic nitrogens is 2. The molecule has 1 atom stereocenters. The zero-order valence-corrected chi connectivity index (χ0v) is 19.3. The minimum absolute atomic E-state index is 0.232. The molecule has 9 nitrogen and oxygen atoms in total. The average molecular weight is 481 g/mol. The molecule has 0 bridgehead atoms. The Bertz CT molecular complexity index is 1120. The van der Waals surface area contributed by atoms with Gasteiger partial charge in [0.15, 0.2) is 0 Å². The number of hydrogen-bond donors (Lipinski definition) is 2. The Hall–Kier alpha value is -3.63. The molecule has 1 aliphatic rings. The lowest BCUT2D eigenvalue weighted by molar-refractivity contribution is -0.118. The zero-order valence-electron chi connectivity index (χ0n) is 18.5. The maximum absolute atomic E-state index is 11.7. The highest BCUT2D eigenvalue weighted by atomic mass is 32.2. The predicted octanol–water partition coefficient (Wildman–Crippen LogP) is 3.34. The van der Waals surface area contributed by atoms with E-state index in [9.17, 15) is 9.59 Å². The van der Waals surface area contributed by atoms with Crippen LogP contribution in [0.25, 0.3) is 0 Å². The number of methoxy groups -OCH3 is 1. The number of carbonyl (C=O) groups excluding carboxylic acids is 2. The first-order chi connectivity index (χ1) is 16.6. The molecule has 1 unspecified atom stereocenters. The summed E-state index contributed by atoms with van der Waals surface area (Å²) in [6.07, 6.45) is 1.98. The van der Waals surface area contributed by atoms with E-state index < -0.39 is 0 Å². The van der Waals surface area contributed by atoms with E-state index in [1.165, 1.54) is 6.33 Å². The third kappa shape index (κ3) is 6.69. The van der Waals surface area contributed by atoms with Gasteiger partial charge in [-0.1, -0.05) is 23.9 Å². The summed E-state index contributed by atoms with van der Waals surface area (Å²) in [5.74, 6) is 2.39. The van der Waals surface area contributed by atoms with Crippen LogP contribution in [0.2, 0.25) is 0 Å². The van der Waals surface area contributed by atoms with E-state index in [2.05, 4.69) is 20.6 Å². The number of benzene rings is 2. The fourth-order valence-electron chi connectivity index (χ4n) is 3.21. The maximum Gasteiger partial charge on any atom is 0.286 e. The lowest BCUT2D eigenvalue weighted by atomic mass is 10.1. The summed E-state index contributed by atoms with van der Waals surface area (Å²) in [6.45, 7) is 1.65. The molecular formula is C24H24N4O5S. The van der Waals surface area contributed by atoms with Crippen LogP contribution in [0.15, 0.2) is 60.9 Å². The summed E-state index contributed by atoms with van der Waals surface area (Å²) in [5.41, 5.74) is 1.78. The van der Waals surface area contributed by atoms with Gasteiger partial charge in [-0.05, 0) is 48.4 Å². The number of hydrogen-bond acceptors (Lipinski definition) is 9. The number of nitrogens with one attached hydrogen (secondary N) is 2. The van der Waals surface area contributed by atoms with Gasteiger partial charge in [0.2, 0.25) is 11.8 Å². The van der Waals surface area contributed by atoms with Crippen LogP contribution < -0.4 is 24.8 Å². The fourth-order valence-corrected chi connectivity index (χ4v) is 4.07. The normalized spacial score (nSPS) is 15.1. The Labute approximate surface area is 201 Å². The zero-order chi connectivity index (χ0) is 23.8.